The number of carboxylic acid groups (broad SMARTS) is 1. The standard InChI is InChI=1S/C32H28ClN5O5S/c1-15-16(2)44-31-28(15)29(18-4-6-20(33)7-5-18)35-24(30-37-36-17(3)38(30)31)14-27(39)34-21-12-23(13-21)42-22-8-9-25-19(10-22)11-26(43-25)32(40)41/h4-11,21,23-24H,12-14H2,1-3H3,(H,34,39)(H,40,41)/t21?,23?,24-/m0/s1. The Morgan fingerprint density at radius 3 is 2.64 bits per heavy atom. The number of hydrogen-bond acceptors (Lipinski definition) is 8. The molecule has 0 radical (unpaired) electrons. The Kier molecular flexibility index (Phi) is 7.01. The highest BCUT2D eigenvalue weighted by atomic mass is 35.5. The molecule has 0 saturated heterocycles. The van der Waals surface area contributed by atoms with Gasteiger partial charge in [0.1, 0.15) is 34.3 Å². The maximum absolute atomic E-state index is 13.4. The number of benzene rings is 2. The number of aromatic carboxylic acids is 1. The number of aromatic nitrogens is 3. The molecule has 224 valence electrons. The molecular weight excluding hydrogens is 602 g/mol. The van der Waals surface area contributed by atoms with Crippen LogP contribution < -0.4 is 10.1 Å². The lowest BCUT2D eigenvalue weighted by Gasteiger charge is -2.36. The van der Waals surface area contributed by atoms with Crippen LogP contribution in [0, 0.1) is 20.8 Å². The fourth-order valence-electron chi connectivity index (χ4n) is 5.77. The van der Waals surface area contributed by atoms with Crippen LogP contribution in [-0.4, -0.2) is 49.6 Å². The summed E-state index contributed by atoms with van der Waals surface area (Å²) in [6.45, 7) is 6.11. The second-order valence-electron chi connectivity index (χ2n) is 11.2. The van der Waals surface area contributed by atoms with Gasteiger partial charge in [-0.25, -0.2) is 4.79 Å². The number of aliphatic imine (C=N–C) groups is 1. The summed E-state index contributed by atoms with van der Waals surface area (Å²) in [5.41, 5.74) is 4.38. The number of halogens is 1. The van der Waals surface area contributed by atoms with Crippen LogP contribution in [0.15, 0.2) is 57.9 Å². The molecule has 12 heteroatoms. The molecule has 0 spiro atoms. The molecule has 1 fully saturated rings. The molecule has 7 rings (SSSR count). The minimum atomic E-state index is -1.12. The van der Waals surface area contributed by atoms with Crippen LogP contribution >= 0.6 is 22.9 Å². The van der Waals surface area contributed by atoms with Crippen LogP contribution in [0.5, 0.6) is 5.75 Å². The number of fused-ring (bicyclic) bond motifs is 4. The minimum absolute atomic E-state index is 0.0274. The van der Waals surface area contributed by atoms with Crippen molar-refractivity contribution >= 4 is 51.5 Å². The van der Waals surface area contributed by atoms with Crippen molar-refractivity contribution in [3.8, 4) is 10.8 Å². The van der Waals surface area contributed by atoms with Gasteiger partial charge in [-0.1, -0.05) is 23.7 Å². The lowest BCUT2D eigenvalue weighted by atomic mass is 9.89. The summed E-state index contributed by atoms with van der Waals surface area (Å²) in [6.07, 6.45) is 1.37. The lowest BCUT2D eigenvalue weighted by molar-refractivity contribution is -0.123. The van der Waals surface area contributed by atoms with Gasteiger partial charge >= 0.3 is 5.97 Å². The van der Waals surface area contributed by atoms with Crippen molar-refractivity contribution in [3.63, 3.8) is 0 Å². The Balaban J connectivity index is 1.07. The second-order valence-corrected chi connectivity index (χ2v) is 12.8. The quantitative estimate of drug-likeness (QED) is 0.214. The summed E-state index contributed by atoms with van der Waals surface area (Å²) < 4.78 is 13.4. The number of rotatable bonds is 7. The fraction of sp³-hybridized carbons (Fsp3) is 0.281. The first-order valence-electron chi connectivity index (χ1n) is 14.2. The molecule has 4 heterocycles. The lowest BCUT2D eigenvalue weighted by Crippen LogP contribution is -2.49. The Bertz CT molecular complexity index is 1970. The number of thiophene rings is 1. The van der Waals surface area contributed by atoms with Crippen LogP contribution in [0.4, 0.5) is 0 Å². The number of hydrogen-bond donors (Lipinski definition) is 2. The summed E-state index contributed by atoms with van der Waals surface area (Å²) in [5.74, 6) is 0.654. The second kappa shape index (κ2) is 10.9. The van der Waals surface area contributed by atoms with E-state index in [0.29, 0.717) is 40.4 Å². The fourth-order valence-corrected chi connectivity index (χ4v) is 7.11. The van der Waals surface area contributed by atoms with E-state index in [2.05, 4.69) is 29.4 Å². The van der Waals surface area contributed by atoms with E-state index in [4.69, 9.17) is 30.9 Å². The van der Waals surface area contributed by atoms with Crippen molar-refractivity contribution in [1.29, 1.82) is 0 Å². The molecule has 1 aliphatic carbocycles. The van der Waals surface area contributed by atoms with Crippen molar-refractivity contribution in [2.45, 2.75) is 58.2 Å². The largest absolute Gasteiger partial charge is 0.490 e. The molecule has 1 amide bonds. The molecule has 5 aromatic rings. The van der Waals surface area contributed by atoms with Crippen molar-refractivity contribution in [2.75, 3.05) is 0 Å². The van der Waals surface area contributed by atoms with Crippen LogP contribution in [-0.2, 0) is 4.79 Å². The van der Waals surface area contributed by atoms with Crippen molar-refractivity contribution in [2.24, 2.45) is 4.99 Å². The van der Waals surface area contributed by atoms with Gasteiger partial charge in [-0.05, 0) is 62.7 Å². The van der Waals surface area contributed by atoms with Crippen molar-refractivity contribution < 1.29 is 23.8 Å². The van der Waals surface area contributed by atoms with Crippen LogP contribution in [0.1, 0.15) is 69.1 Å². The molecule has 1 saturated carbocycles. The highest BCUT2D eigenvalue weighted by molar-refractivity contribution is 7.15. The van der Waals surface area contributed by atoms with Gasteiger partial charge in [0.2, 0.25) is 11.7 Å². The van der Waals surface area contributed by atoms with E-state index in [-0.39, 0.29) is 30.2 Å². The molecule has 0 unspecified atom stereocenters. The SMILES string of the molecule is Cc1sc2c(c1C)C(c1ccc(Cl)cc1)=N[C@@H](CC(=O)NC1CC(Oc3ccc4oc(C(=O)O)cc4c3)C1)c1nnc(C)n1-2. The van der Waals surface area contributed by atoms with Gasteiger partial charge in [-0.2, -0.15) is 0 Å². The van der Waals surface area contributed by atoms with E-state index in [1.54, 1.807) is 29.5 Å². The summed E-state index contributed by atoms with van der Waals surface area (Å²) in [6, 6.07) is 13.7. The van der Waals surface area contributed by atoms with E-state index >= 15 is 0 Å². The number of nitrogens with one attached hydrogen (secondary N) is 1. The first-order chi connectivity index (χ1) is 21.1. The third-order valence-electron chi connectivity index (χ3n) is 8.20. The van der Waals surface area contributed by atoms with Crippen LogP contribution in [0.2, 0.25) is 5.02 Å². The Labute approximate surface area is 261 Å². The van der Waals surface area contributed by atoms with Gasteiger partial charge < -0.3 is 19.6 Å². The number of carboxylic acids is 1. The van der Waals surface area contributed by atoms with Crippen molar-refractivity contribution in [1.82, 2.24) is 20.1 Å². The maximum Gasteiger partial charge on any atom is 0.371 e. The average molecular weight is 630 g/mol. The molecule has 2 N–H and O–H groups in total. The number of aryl methyl sites for hydroxylation is 2. The van der Waals surface area contributed by atoms with Gasteiger partial charge in [0.05, 0.1) is 12.1 Å². The monoisotopic (exact) mass is 629 g/mol. The molecule has 44 heavy (non-hydrogen) atoms. The molecular formula is C32H28ClN5O5S. The molecule has 10 nitrogen and oxygen atoms in total. The van der Waals surface area contributed by atoms with Gasteiger partial charge in [-0.15, -0.1) is 21.5 Å². The minimum Gasteiger partial charge on any atom is -0.490 e. The third kappa shape index (κ3) is 5.05. The smallest absolute Gasteiger partial charge is 0.371 e. The Hall–Kier alpha value is -4.48. The van der Waals surface area contributed by atoms with Crippen molar-refractivity contribution in [3.05, 3.63) is 92.5 Å². The zero-order valence-electron chi connectivity index (χ0n) is 24.1. The van der Waals surface area contributed by atoms with Gasteiger partial charge in [0.25, 0.3) is 0 Å². The summed E-state index contributed by atoms with van der Waals surface area (Å²) in [5, 5.41) is 23.5. The molecule has 1 atom stereocenters. The maximum atomic E-state index is 13.4. The summed E-state index contributed by atoms with van der Waals surface area (Å²) >= 11 is 7.88. The van der Waals surface area contributed by atoms with E-state index < -0.39 is 12.0 Å². The van der Waals surface area contributed by atoms with Gasteiger partial charge in [0.15, 0.2) is 5.82 Å². The van der Waals surface area contributed by atoms with Crippen LogP contribution in [0.3, 0.4) is 0 Å². The average Bonchev–Trinajstić information content (AvgIpc) is 3.63. The number of amides is 1. The summed E-state index contributed by atoms with van der Waals surface area (Å²) in [7, 11) is 0. The molecule has 2 aliphatic rings. The topological polar surface area (TPSA) is 132 Å². The number of carbonyl (C=O) groups is 2. The van der Waals surface area contributed by atoms with Gasteiger partial charge in [-0.3, -0.25) is 14.4 Å². The van der Waals surface area contributed by atoms with E-state index in [1.807, 2.05) is 35.8 Å². The van der Waals surface area contributed by atoms with E-state index in [1.165, 1.54) is 10.9 Å². The Morgan fingerprint density at radius 2 is 1.89 bits per heavy atom. The normalized spacial score (nSPS) is 19.0. The molecule has 1 aliphatic heterocycles. The van der Waals surface area contributed by atoms with E-state index in [9.17, 15) is 9.59 Å². The molecule has 0 bridgehead atoms. The van der Waals surface area contributed by atoms with E-state index in [0.717, 1.165) is 33.2 Å². The number of furan rings is 1. The highest BCUT2D eigenvalue weighted by Crippen LogP contribution is 2.40. The first-order valence-corrected chi connectivity index (χ1v) is 15.4. The predicted molar refractivity (Wildman–Crippen MR) is 167 cm³/mol. The number of carbonyl (C=O) groups excluding carboxylic acids is 1. The van der Waals surface area contributed by atoms with Gasteiger partial charge in [0, 0.05) is 45.3 Å². The highest BCUT2D eigenvalue weighted by Gasteiger charge is 2.35. The number of ether oxygens (including phenoxy) is 1. The predicted octanol–water partition coefficient (Wildman–Crippen LogP) is 6.36. The third-order valence-corrected chi connectivity index (χ3v) is 9.64. The van der Waals surface area contributed by atoms with Crippen LogP contribution in [0.25, 0.3) is 16.0 Å². The molecule has 2 aromatic carbocycles. The molecule has 3 aromatic heterocycles. The zero-order valence-corrected chi connectivity index (χ0v) is 25.7. The Morgan fingerprint density at radius 1 is 1.11 bits per heavy atom. The zero-order chi connectivity index (χ0) is 30.7. The first kappa shape index (κ1) is 28.3. The number of nitrogens with zero attached hydrogens (tertiary/aromatic N) is 4. The summed E-state index contributed by atoms with van der Waals surface area (Å²) in [4.78, 5) is 30.9.